The van der Waals surface area contributed by atoms with Crippen LogP contribution in [0.1, 0.15) is 22.5 Å². The van der Waals surface area contributed by atoms with Crippen LogP contribution >= 0.6 is 23.8 Å². The van der Waals surface area contributed by atoms with Gasteiger partial charge in [-0.05, 0) is 62.8 Å². The molecule has 0 amide bonds. The van der Waals surface area contributed by atoms with E-state index in [2.05, 4.69) is 46.9 Å². The average molecular weight is 385 g/mol. The molecule has 2 aromatic carbocycles. The van der Waals surface area contributed by atoms with Gasteiger partial charge in [-0.2, -0.15) is 5.10 Å². The minimum absolute atomic E-state index is 0.522. The Morgan fingerprint density at radius 1 is 1.00 bits per heavy atom. The maximum Gasteiger partial charge on any atom is 0.175 e. The first-order chi connectivity index (χ1) is 12.4. The fourth-order valence-electron chi connectivity index (χ4n) is 2.71. The Morgan fingerprint density at radius 3 is 2.31 bits per heavy atom. The lowest BCUT2D eigenvalue weighted by atomic mass is 10.1. The molecule has 134 valence electrons. The van der Waals surface area contributed by atoms with Gasteiger partial charge >= 0.3 is 0 Å². The molecule has 3 aromatic rings. The largest absolute Gasteiger partial charge is 0.332 e. The molecule has 0 saturated carbocycles. The molecule has 0 spiro atoms. The molecular weight excluding hydrogens is 364 g/mol. The molecular formula is C20H21ClN4S. The summed E-state index contributed by atoms with van der Waals surface area (Å²) in [4.78, 5) is 0. The highest BCUT2D eigenvalue weighted by Crippen LogP contribution is 2.21. The average Bonchev–Trinajstić information content (AvgIpc) is 2.86. The zero-order chi connectivity index (χ0) is 18.7. The van der Waals surface area contributed by atoms with Crippen LogP contribution in [-0.2, 0) is 6.54 Å². The number of nitrogens with one attached hydrogen (secondary N) is 2. The number of hydrogen-bond donors (Lipinski definition) is 2. The van der Waals surface area contributed by atoms with Gasteiger partial charge in [0.25, 0.3) is 0 Å². The van der Waals surface area contributed by atoms with E-state index >= 15 is 0 Å². The summed E-state index contributed by atoms with van der Waals surface area (Å²) in [5, 5.41) is 12.3. The molecule has 4 nitrogen and oxygen atoms in total. The van der Waals surface area contributed by atoms with Crippen molar-refractivity contribution in [2.75, 3.05) is 10.6 Å². The van der Waals surface area contributed by atoms with Gasteiger partial charge in [-0.25, -0.2) is 0 Å². The normalized spacial score (nSPS) is 10.6. The molecule has 3 rings (SSSR count). The van der Waals surface area contributed by atoms with E-state index < -0.39 is 0 Å². The van der Waals surface area contributed by atoms with Crippen molar-refractivity contribution in [3.63, 3.8) is 0 Å². The highest BCUT2D eigenvalue weighted by Gasteiger charge is 2.13. The summed E-state index contributed by atoms with van der Waals surface area (Å²) < 4.78 is 1.99. The number of aromatic nitrogens is 2. The van der Waals surface area contributed by atoms with E-state index in [0.29, 0.717) is 10.1 Å². The van der Waals surface area contributed by atoms with Crippen molar-refractivity contribution in [3.05, 3.63) is 76.1 Å². The SMILES string of the molecule is Cc1ccc(Cn2nc(C)c(NC(=S)Nc3ccc(Cl)cc3)c2C)cc1. The van der Waals surface area contributed by atoms with Crippen molar-refractivity contribution in [1.82, 2.24) is 9.78 Å². The Bertz CT molecular complexity index is 914. The lowest BCUT2D eigenvalue weighted by Gasteiger charge is -2.11. The molecule has 0 atom stereocenters. The van der Waals surface area contributed by atoms with Gasteiger partial charge in [-0.1, -0.05) is 41.4 Å². The third kappa shape index (κ3) is 4.42. The van der Waals surface area contributed by atoms with Gasteiger partial charge in [0.2, 0.25) is 0 Å². The van der Waals surface area contributed by atoms with E-state index in [-0.39, 0.29) is 0 Å². The Labute approximate surface area is 164 Å². The molecule has 0 saturated heterocycles. The van der Waals surface area contributed by atoms with Crippen LogP contribution in [0.3, 0.4) is 0 Å². The van der Waals surface area contributed by atoms with Crippen molar-refractivity contribution < 1.29 is 0 Å². The monoisotopic (exact) mass is 384 g/mol. The second kappa shape index (κ2) is 7.89. The number of anilines is 2. The summed E-state index contributed by atoms with van der Waals surface area (Å²) in [7, 11) is 0. The first-order valence-electron chi connectivity index (χ1n) is 8.35. The summed E-state index contributed by atoms with van der Waals surface area (Å²) >= 11 is 11.3. The van der Waals surface area contributed by atoms with Crippen molar-refractivity contribution in [2.24, 2.45) is 0 Å². The number of benzene rings is 2. The molecule has 0 aliphatic heterocycles. The topological polar surface area (TPSA) is 41.9 Å². The molecule has 0 aliphatic carbocycles. The minimum atomic E-state index is 0.522. The van der Waals surface area contributed by atoms with Gasteiger partial charge in [-0.3, -0.25) is 4.68 Å². The quantitative estimate of drug-likeness (QED) is 0.597. The van der Waals surface area contributed by atoms with Crippen molar-refractivity contribution in [1.29, 1.82) is 0 Å². The number of halogens is 1. The summed E-state index contributed by atoms with van der Waals surface area (Å²) in [6.07, 6.45) is 0. The lowest BCUT2D eigenvalue weighted by Crippen LogP contribution is -2.19. The minimum Gasteiger partial charge on any atom is -0.332 e. The first-order valence-corrected chi connectivity index (χ1v) is 9.14. The predicted molar refractivity (Wildman–Crippen MR) is 113 cm³/mol. The molecule has 0 bridgehead atoms. The molecule has 0 radical (unpaired) electrons. The zero-order valence-electron chi connectivity index (χ0n) is 15.0. The summed E-state index contributed by atoms with van der Waals surface area (Å²) in [6, 6.07) is 15.9. The smallest absolute Gasteiger partial charge is 0.175 e. The van der Waals surface area contributed by atoms with Crippen LogP contribution < -0.4 is 10.6 Å². The summed E-state index contributed by atoms with van der Waals surface area (Å²) in [6.45, 7) is 6.84. The highest BCUT2D eigenvalue weighted by molar-refractivity contribution is 7.80. The predicted octanol–water partition coefficient (Wildman–Crippen LogP) is 5.32. The first kappa shape index (κ1) is 18.4. The molecule has 1 aromatic heterocycles. The molecule has 0 aliphatic rings. The third-order valence-corrected chi connectivity index (χ3v) is 4.63. The number of hydrogen-bond acceptors (Lipinski definition) is 2. The van der Waals surface area contributed by atoms with Gasteiger partial charge in [-0.15, -0.1) is 0 Å². The highest BCUT2D eigenvalue weighted by atomic mass is 35.5. The van der Waals surface area contributed by atoms with Crippen LogP contribution in [-0.4, -0.2) is 14.9 Å². The van der Waals surface area contributed by atoms with Crippen molar-refractivity contribution in [3.8, 4) is 0 Å². The Hall–Kier alpha value is -2.37. The van der Waals surface area contributed by atoms with Gasteiger partial charge in [0.15, 0.2) is 5.11 Å². The number of nitrogens with zero attached hydrogens (tertiary/aromatic N) is 2. The molecule has 6 heteroatoms. The molecule has 1 heterocycles. The van der Waals surface area contributed by atoms with E-state index in [1.54, 1.807) is 0 Å². The molecule has 2 N–H and O–H groups in total. The van der Waals surface area contributed by atoms with Crippen LogP contribution in [0.4, 0.5) is 11.4 Å². The number of aryl methyl sites for hydroxylation is 2. The van der Waals surface area contributed by atoms with E-state index in [1.807, 2.05) is 42.8 Å². The van der Waals surface area contributed by atoms with E-state index in [0.717, 1.165) is 29.3 Å². The van der Waals surface area contributed by atoms with E-state index in [4.69, 9.17) is 23.8 Å². The fraction of sp³-hybridized carbons (Fsp3) is 0.200. The van der Waals surface area contributed by atoms with Crippen LogP contribution in [0, 0.1) is 20.8 Å². The van der Waals surface area contributed by atoms with Crippen LogP contribution in [0.15, 0.2) is 48.5 Å². The van der Waals surface area contributed by atoms with E-state index in [9.17, 15) is 0 Å². The third-order valence-electron chi connectivity index (χ3n) is 4.18. The summed E-state index contributed by atoms with van der Waals surface area (Å²) in [5.74, 6) is 0. The summed E-state index contributed by atoms with van der Waals surface area (Å²) in [5.41, 5.74) is 6.24. The fourth-order valence-corrected chi connectivity index (χ4v) is 3.05. The molecule has 0 fully saturated rings. The molecule has 26 heavy (non-hydrogen) atoms. The van der Waals surface area contributed by atoms with Crippen LogP contribution in [0.25, 0.3) is 0 Å². The second-order valence-corrected chi connectivity index (χ2v) is 7.12. The van der Waals surface area contributed by atoms with Gasteiger partial charge in [0, 0.05) is 10.7 Å². The Morgan fingerprint density at radius 2 is 1.65 bits per heavy atom. The van der Waals surface area contributed by atoms with Crippen molar-refractivity contribution in [2.45, 2.75) is 27.3 Å². The van der Waals surface area contributed by atoms with Gasteiger partial charge in [0.1, 0.15) is 0 Å². The van der Waals surface area contributed by atoms with Gasteiger partial charge < -0.3 is 10.6 Å². The molecule has 0 unspecified atom stereocenters. The maximum absolute atomic E-state index is 5.91. The number of rotatable bonds is 4. The van der Waals surface area contributed by atoms with E-state index in [1.165, 1.54) is 11.1 Å². The maximum atomic E-state index is 5.91. The van der Waals surface area contributed by atoms with Gasteiger partial charge in [0.05, 0.1) is 23.6 Å². The Kier molecular flexibility index (Phi) is 5.59. The standard InChI is InChI=1S/C20H21ClN4S/c1-13-4-6-16(7-5-13)12-25-15(3)19(14(2)24-25)23-20(26)22-18-10-8-17(21)9-11-18/h4-11H,12H2,1-3H3,(H2,22,23,26). The van der Waals surface area contributed by atoms with Crippen molar-refractivity contribution >= 4 is 40.3 Å². The van der Waals surface area contributed by atoms with Crippen LogP contribution in [0.2, 0.25) is 5.02 Å². The number of thiocarbonyl (C=S) groups is 1. The Balaban J connectivity index is 1.71. The second-order valence-electron chi connectivity index (χ2n) is 6.28. The van der Waals surface area contributed by atoms with Crippen LogP contribution in [0.5, 0.6) is 0 Å². The lowest BCUT2D eigenvalue weighted by molar-refractivity contribution is 0.659. The zero-order valence-corrected chi connectivity index (χ0v) is 16.6.